The van der Waals surface area contributed by atoms with Crippen LogP contribution in [0.4, 0.5) is 13.2 Å². The van der Waals surface area contributed by atoms with Crippen LogP contribution in [0.5, 0.6) is 0 Å². The zero-order valence-corrected chi connectivity index (χ0v) is 12.8. The van der Waals surface area contributed by atoms with Gasteiger partial charge in [-0.3, -0.25) is 9.78 Å². The van der Waals surface area contributed by atoms with Gasteiger partial charge in [-0.25, -0.2) is 0 Å². The van der Waals surface area contributed by atoms with E-state index in [0.717, 1.165) is 23.9 Å². The molecule has 1 atom stereocenters. The van der Waals surface area contributed by atoms with E-state index in [-0.39, 0.29) is 17.7 Å². The van der Waals surface area contributed by atoms with Gasteiger partial charge < -0.3 is 5.32 Å². The fraction of sp³-hybridized carbons (Fsp3) is 0.538. The molecule has 20 heavy (non-hydrogen) atoms. The van der Waals surface area contributed by atoms with Gasteiger partial charge in [0.15, 0.2) is 0 Å². The van der Waals surface area contributed by atoms with Crippen molar-refractivity contribution in [2.45, 2.75) is 32.5 Å². The fourth-order valence-electron chi connectivity index (χ4n) is 1.63. The monoisotopic (exact) mass is 352 g/mol. The Morgan fingerprint density at radius 3 is 2.45 bits per heavy atom. The maximum atomic E-state index is 12.4. The summed E-state index contributed by atoms with van der Waals surface area (Å²) >= 11 is 3.30. The Bertz CT molecular complexity index is 446. The number of nitrogens with one attached hydrogen (secondary N) is 1. The van der Waals surface area contributed by atoms with Crippen molar-refractivity contribution in [3.63, 3.8) is 0 Å². The molecular weight excluding hydrogens is 337 g/mol. The second kappa shape index (κ2) is 7.06. The normalized spacial score (nSPS) is 13.3. The molecule has 1 aromatic rings. The number of hydrogen-bond acceptors (Lipinski definition) is 2. The maximum Gasteiger partial charge on any atom is 0.417 e. The van der Waals surface area contributed by atoms with Crippen molar-refractivity contribution >= 4 is 21.8 Å². The fourth-order valence-corrected chi connectivity index (χ4v) is 2.12. The zero-order valence-electron chi connectivity index (χ0n) is 11.2. The van der Waals surface area contributed by atoms with Crippen LogP contribution < -0.4 is 5.32 Å². The molecule has 7 heteroatoms. The number of nitrogens with zero attached hydrogens (tertiary/aromatic N) is 1. The highest BCUT2D eigenvalue weighted by Gasteiger charge is 2.31. The van der Waals surface area contributed by atoms with Gasteiger partial charge in [0.2, 0.25) is 0 Å². The molecule has 0 saturated heterocycles. The molecule has 1 rings (SSSR count). The largest absolute Gasteiger partial charge is 0.417 e. The van der Waals surface area contributed by atoms with E-state index in [0.29, 0.717) is 6.20 Å². The molecule has 1 unspecified atom stereocenters. The molecule has 0 aliphatic heterocycles. The first-order valence-corrected chi connectivity index (χ1v) is 7.28. The predicted molar refractivity (Wildman–Crippen MR) is 73.7 cm³/mol. The van der Waals surface area contributed by atoms with Crippen LogP contribution in [0.1, 0.15) is 36.3 Å². The van der Waals surface area contributed by atoms with E-state index in [2.05, 4.69) is 26.2 Å². The highest BCUT2D eigenvalue weighted by Crippen LogP contribution is 2.28. The molecule has 0 aromatic carbocycles. The summed E-state index contributed by atoms with van der Waals surface area (Å²) < 4.78 is 37.2. The highest BCUT2D eigenvalue weighted by atomic mass is 79.9. The van der Waals surface area contributed by atoms with Crippen molar-refractivity contribution in [2.24, 2.45) is 5.92 Å². The molecule has 0 radical (unpaired) electrons. The van der Waals surface area contributed by atoms with Crippen LogP contribution >= 0.6 is 15.9 Å². The molecular formula is C13H16BrF3N2O. The molecule has 0 aliphatic carbocycles. The van der Waals surface area contributed by atoms with Crippen molar-refractivity contribution in [3.8, 4) is 0 Å². The van der Waals surface area contributed by atoms with E-state index in [9.17, 15) is 18.0 Å². The molecule has 0 aliphatic rings. The van der Waals surface area contributed by atoms with E-state index >= 15 is 0 Å². The van der Waals surface area contributed by atoms with Gasteiger partial charge in [-0.15, -0.1) is 0 Å². The van der Waals surface area contributed by atoms with E-state index in [1.165, 1.54) is 0 Å². The van der Waals surface area contributed by atoms with Crippen LogP contribution in [0.15, 0.2) is 18.3 Å². The third-order valence-corrected chi connectivity index (χ3v) is 3.32. The Morgan fingerprint density at radius 2 is 2.05 bits per heavy atom. The SMILES string of the molecule is CC(C)C(CCBr)NC(=O)c1ccc(C(F)(F)F)cn1. The third-order valence-electron chi connectivity index (χ3n) is 2.86. The number of alkyl halides is 4. The summed E-state index contributed by atoms with van der Waals surface area (Å²) in [5.41, 5.74) is -0.881. The third kappa shape index (κ3) is 4.77. The smallest absolute Gasteiger partial charge is 0.348 e. The molecule has 3 nitrogen and oxygen atoms in total. The number of aromatic nitrogens is 1. The molecule has 1 heterocycles. The summed E-state index contributed by atoms with van der Waals surface area (Å²) in [6.45, 7) is 3.93. The average Bonchev–Trinajstić information content (AvgIpc) is 2.37. The van der Waals surface area contributed by atoms with Crippen LogP contribution in [0, 0.1) is 5.92 Å². The van der Waals surface area contributed by atoms with Gasteiger partial charge in [0.25, 0.3) is 5.91 Å². The minimum absolute atomic E-state index is 0.0155. The first kappa shape index (κ1) is 16.9. The summed E-state index contributed by atoms with van der Waals surface area (Å²) in [4.78, 5) is 15.5. The number of pyridine rings is 1. The van der Waals surface area contributed by atoms with E-state index in [4.69, 9.17) is 0 Å². The van der Waals surface area contributed by atoms with Gasteiger partial charge in [-0.2, -0.15) is 13.2 Å². The number of rotatable bonds is 5. The Labute approximate surface area is 124 Å². The predicted octanol–water partition coefficient (Wildman–Crippen LogP) is 3.64. The number of halogens is 4. The van der Waals surface area contributed by atoms with Crippen LogP contribution in [-0.4, -0.2) is 22.3 Å². The molecule has 1 aromatic heterocycles. The summed E-state index contributed by atoms with van der Waals surface area (Å²) in [6, 6.07) is 1.89. The molecule has 0 spiro atoms. The number of amides is 1. The maximum absolute atomic E-state index is 12.4. The lowest BCUT2D eigenvalue weighted by atomic mass is 10.0. The van der Waals surface area contributed by atoms with Crippen LogP contribution in [0.25, 0.3) is 0 Å². The van der Waals surface area contributed by atoms with Crippen LogP contribution in [0.2, 0.25) is 0 Å². The van der Waals surface area contributed by atoms with E-state index in [1.807, 2.05) is 13.8 Å². The van der Waals surface area contributed by atoms with E-state index < -0.39 is 17.6 Å². The molecule has 1 amide bonds. The Morgan fingerprint density at radius 1 is 1.40 bits per heavy atom. The van der Waals surface area contributed by atoms with Gasteiger partial charge in [-0.05, 0) is 24.5 Å². The first-order chi connectivity index (χ1) is 9.25. The standard InChI is InChI=1S/C13H16BrF3N2O/c1-8(2)10(5-6-14)19-12(20)11-4-3-9(7-18-11)13(15,16)17/h3-4,7-8,10H,5-6H2,1-2H3,(H,19,20). The Hall–Kier alpha value is -1.11. The molecule has 1 N–H and O–H groups in total. The topological polar surface area (TPSA) is 42.0 Å². The minimum atomic E-state index is -4.45. The minimum Gasteiger partial charge on any atom is -0.348 e. The van der Waals surface area contributed by atoms with Crippen LogP contribution in [-0.2, 0) is 6.18 Å². The van der Waals surface area contributed by atoms with Gasteiger partial charge >= 0.3 is 6.18 Å². The second-order valence-electron chi connectivity index (χ2n) is 4.73. The summed E-state index contributed by atoms with van der Waals surface area (Å²) in [5.74, 6) is -0.232. The van der Waals surface area contributed by atoms with Crippen molar-refractivity contribution in [2.75, 3.05) is 5.33 Å². The Kier molecular flexibility index (Phi) is 5.98. The van der Waals surface area contributed by atoms with Gasteiger partial charge in [-0.1, -0.05) is 29.8 Å². The molecule has 0 fully saturated rings. The average molecular weight is 353 g/mol. The Balaban J connectivity index is 2.77. The lowest BCUT2D eigenvalue weighted by Gasteiger charge is -2.21. The highest BCUT2D eigenvalue weighted by molar-refractivity contribution is 9.09. The zero-order chi connectivity index (χ0) is 15.3. The van der Waals surface area contributed by atoms with Crippen molar-refractivity contribution < 1.29 is 18.0 Å². The number of carbonyl (C=O) groups excluding carboxylic acids is 1. The lowest BCUT2D eigenvalue weighted by Crippen LogP contribution is -2.39. The van der Waals surface area contributed by atoms with Gasteiger partial charge in [0.05, 0.1) is 5.56 Å². The quantitative estimate of drug-likeness (QED) is 0.822. The molecule has 112 valence electrons. The molecule has 0 saturated carbocycles. The van der Waals surface area contributed by atoms with Crippen molar-refractivity contribution in [1.82, 2.24) is 10.3 Å². The second-order valence-corrected chi connectivity index (χ2v) is 5.52. The van der Waals surface area contributed by atoms with Crippen LogP contribution in [0.3, 0.4) is 0 Å². The summed E-state index contributed by atoms with van der Waals surface area (Å²) in [5, 5.41) is 3.51. The first-order valence-electron chi connectivity index (χ1n) is 6.15. The number of carbonyl (C=O) groups is 1. The van der Waals surface area contributed by atoms with Gasteiger partial charge in [0.1, 0.15) is 5.69 Å². The summed E-state index contributed by atoms with van der Waals surface area (Å²) in [6.07, 6.45) is -3.04. The van der Waals surface area contributed by atoms with Crippen molar-refractivity contribution in [1.29, 1.82) is 0 Å². The van der Waals surface area contributed by atoms with Gasteiger partial charge in [0, 0.05) is 17.6 Å². The molecule has 0 bridgehead atoms. The van der Waals surface area contributed by atoms with E-state index in [1.54, 1.807) is 0 Å². The number of hydrogen-bond donors (Lipinski definition) is 1. The summed E-state index contributed by atoms with van der Waals surface area (Å²) in [7, 11) is 0. The van der Waals surface area contributed by atoms with Crippen molar-refractivity contribution in [3.05, 3.63) is 29.6 Å². The lowest BCUT2D eigenvalue weighted by molar-refractivity contribution is -0.137.